The van der Waals surface area contributed by atoms with Gasteiger partial charge in [-0.3, -0.25) is 24.5 Å². The number of pyridine rings is 1. The molecule has 1 amide bonds. The second kappa shape index (κ2) is 16.2. The van der Waals surface area contributed by atoms with Crippen LogP contribution in [-0.2, 0) is 36.8 Å². The number of nitrogens with two attached hydrogens (primary N) is 1. The molecule has 5 aliphatic heterocycles. The number of esters is 1. The molecule has 5 aliphatic rings. The number of nitrogens with zero attached hydrogens (tertiary/aromatic N) is 6. The fraction of sp³-hybridized carbons (Fsp3) is 0.651. The zero-order valence-corrected chi connectivity index (χ0v) is 34.1. The number of hydrogen-bond acceptors (Lipinski definition) is 11. The summed E-state index contributed by atoms with van der Waals surface area (Å²) in [5, 5.41) is 2.70. The molecule has 0 spiro atoms. The molecule has 8 rings (SSSR count). The molecule has 0 radical (unpaired) electrons. The molecule has 0 unspecified atom stereocenters. The highest BCUT2D eigenvalue weighted by Gasteiger charge is 2.36. The minimum absolute atomic E-state index is 0.209. The lowest BCUT2D eigenvalue weighted by molar-refractivity contribution is -0.155. The number of piperazine rings is 1. The third-order valence-corrected chi connectivity index (χ3v) is 12.9. The minimum atomic E-state index is -0.755. The van der Waals surface area contributed by atoms with E-state index in [9.17, 15) is 9.59 Å². The van der Waals surface area contributed by atoms with Gasteiger partial charge in [-0.1, -0.05) is 20.3 Å². The summed E-state index contributed by atoms with van der Waals surface area (Å²) < 4.78 is 20.8. The quantitative estimate of drug-likeness (QED) is 0.352. The predicted molar refractivity (Wildman–Crippen MR) is 219 cm³/mol. The van der Waals surface area contributed by atoms with E-state index in [0.29, 0.717) is 51.4 Å². The number of piperidine rings is 1. The van der Waals surface area contributed by atoms with Gasteiger partial charge in [0.05, 0.1) is 54.7 Å². The van der Waals surface area contributed by atoms with Crippen molar-refractivity contribution in [3.8, 4) is 11.3 Å². The molecule has 13 heteroatoms. The Kier molecular flexibility index (Phi) is 11.3. The van der Waals surface area contributed by atoms with Crippen LogP contribution in [0.1, 0.15) is 83.6 Å². The van der Waals surface area contributed by atoms with Crippen molar-refractivity contribution in [2.45, 2.75) is 110 Å². The van der Waals surface area contributed by atoms with Crippen LogP contribution in [0.2, 0.25) is 0 Å². The summed E-state index contributed by atoms with van der Waals surface area (Å²) in [7, 11) is 1.75. The number of anilines is 2. The van der Waals surface area contributed by atoms with Crippen LogP contribution in [0.5, 0.6) is 0 Å². The molecule has 4 saturated heterocycles. The Balaban J connectivity index is 1.25. The van der Waals surface area contributed by atoms with Crippen LogP contribution in [0, 0.1) is 5.41 Å². The third-order valence-electron chi connectivity index (χ3n) is 12.9. The van der Waals surface area contributed by atoms with Crippen molar-refractivity contribution in [2.24, 2.45) is 11.1 Å². The zero-order valence-electron chi connectivity index (χ0n) is 34.1. The Hall–Kier alpha value is -3.75. The van der Waals surface area contributed by atoms with E-state index >= 15 is 0 Å². The van der Waals surface area contributed by atoms with Gasteiger partial charge in [0.25, 0.3) is 5.91 Å². The number of carbonyl (C=O) groups excluding carboxylic acids is 2. The van der Waals surface area contributed by atoms with Gasteiger partial charge in [0.2, 0.25) is 0 Å². The molecule has 6 bridgehead atoms. The summed E-state index contributed by atoms with van der Waals surface area (Å²) in [4.78, 5) is 39.9. The monoisotopic (exact) mass is 770 g/mol. The number of morpholine rings is 1. The number of rotatable bonds is 5. The zero-order chi connectivity index (χ0) is 39.1. The van der Waals surface area contributed by atoms with E-state index < -0.39 is 17.5 Å². The largest absolute Gasteiger partial charge is 0.464 e. The Labute approximate surface area is 331 Å². The number of hydrogen-bond donors (Lipinski definition) is 2. The van der Waals surface area contributed by atoms with Crippen LogP contribution in [0.3, 0.4) is 0 Å². The number of amides is 1. The lowest BCUT2D eigenvalue weighted by Crippen LogP contribution is -2.59. The predicted octanol–water partition coefficient (Wildman–Crippen LogP) is 4.65. The first-order chi connectivity index (χ1) is 27.0. The Morgan fingerprint density at radius 1 is 1.02 bits per heavy atom. The molecule has 0 saturated carbocycles. The molecule has 1 aromatic carbocycles. The summed E-state index contributed by atoms with van der Waals surface area (Å²) in [6, 6.07) is 8.38. The molecule has 304 valence electrons. The van der Waals surface area contributed by atoms with Gasteiger partial charge in [-0.25, -0.2) is 5.43 Å². The number of fused-ring (bicyclic) bond motifs is 7. The van der Waals surface area contributed by atoms with Gasteiger partial charge in [0.1, 0.15) is 6.04 Å². The van der Waals surface area contributed by atoms with E-state index in [0.717, 1.165) is 66.6 Å². The van der Waals surface area contributed by atoms with Crippen molar-refractivity contribution in [1.82, 2.24) is 24.9 Å². The number of aryl methyl sites for hydroxylation is 1. The summed E-state index contributed by atoms with van der Waals surface area (Å²) >= 11 is 0. The summed E-state index contributed by atoms with van der Waals surface area (Å²) in [5.74, 6) is -0.567. The summed E-state index contributed by atoms with van der Waals surface area (Å²) in [6.45, 7) is 16.3. The minimum Gasteiger partial charge on any atom is -0.464 e. The summed E-state index contributed by atoms with van der Waals surface area (Å²) in [5.41, 5.74) is 17.0. The molecular formula is C43H62N8O5. The maximum atomic E-state index is 13.6. The SMILES string of the molecule is CCn1c(-c2cc(N3CCN4CCCC[C@@H]4C3)cnc2[C@H](C)OC)c2c3cc(ccc31)N1CCO[C@@H](C[C@H](N)C(=O)N3CCC[C@H](N3)C(=O)OCC(C)(C)C2)C1. The van der Waals surface area contributed by atoms with Crippen LogP contribution in [-0.4, -0.2) is 122 Å². The molecule has 7 heterocycles. The van der Waals surface area contributed by atoms with E-state index in [1.807, 2.05) is 0 Å². The number of methoxy groups -OCH3 is 1. The van der Waals surface area contributed by atoms with Gasteiger partial charge >= 0.3 is 5.97 Å². The fourth-order valence-electron chi connectivity index (χ4n) is 9.77. The first kappa shape index (κ1) is 39.1. The second-order valence-corrected chi connectivity index (χ2v) is 17.5. The van der Waals surface area contributed by atoms with Crippen molar-refractivity contribution in [2.75, 3.05) is 75.9 Å². The highest BCUT2D eigenvalue weighted by molar-refractivity contribution is 5.95. The van der Waals surface area contributed by atoms with E-state index in [4.69, 9.17) is 24.9 Å². The number of carbonyl (C=O) groups is 2. The third kappa shape index (κ3) is 7.77. The number of hydrazine groups is 1. The van der Waals surface area contributed by atoms with Crippen LogP contribution < -0.4 is 21.0 Å². The average Bonchev–Trinajstić information content (AvgIpc) is 3.52. The normalized spacial score (nSPS) is 27.1. The smallest absolute Gasteiger partial charge is 0.324 e. The maximum absolute atomic E-state index is 13.6. The van der Waals surface area contributed by atoms with Crippen LogP contribution in [0.15, 0.2) is 30.5 Å². The number of benzene rings is 1. The van der Waals surface area contributed by atoms with Crippen molar-refractivity contribution in [3.63, 3.8) is 0 Å². The lowest BCUT2D eigenvalue weighted by Gasteiger charge is -2.45. The average molecular weight is 771 g/mol. The number of ether oxygens (including phenoxy) is 3. The number of cyclic esters (lactones) is 1. The van der Waals surface area contributed by atoms with E-state index in [2.05, 4.69) is 82.8 Å². The molecule has 2 aromatic heterocycles. The highest BCUT2D eigenvalue weighted by Crippen LogP contribution is 2.43. The number of aromatic nitrogens is 2. The Morgan fingerprint density at radius 3 is 2.68 bits per heavy atom. The topological polar surface area (TPSA) is 131 Å². The Morgan fingerprint density at radius 2 is 1.86 bits per heavy atom. The molecule has 3 aromatic rings. The van der Waals surface area contributed by atoms with Gasteiger partial charge in [-0.15, -0.1) is 0 Å². The van der Waals surface area contributed by atoms with Gasteiger partial charge < -0.3 is 34.3 Å². The highest BCUT2D eigenvalue weighted by atomic mass is 16.5. The van der Waals surface area contributed by atoms with Crippen molar-refractivity contribution in [1.29, 1.82) is 0 Å². The van der Waals surface area contributed by atoms with E-state index in [1.165, 1.54) is 41.8 Å². The molecule has 3 N–H and O–H groups in total. The molecule has 4 fully saturated rings. The van der Waals surface area contributed by atoms with Gasteiger partial charge in [-0.2, -0.15) is 0 Å². The molecular weight excluding hydrogens is 709 g/mol. The first-order valence-corrected chi connectivity index (χ1v) is 21.1. The molecule has 13 nitrogen and oxygen atoms in total. The van der Waals surface area contributed by atoms with Gasteiger partial charge in [0.15, 0.2) is 0 Å². The van der Waals surface area contributed by atoms with E-state index in [1.54, 1.807) is 7.11 Å². The molecule has 0 aliphatic carbocycles. The Bertz CT molecular complexity index is 1910. The van der Waals surface area contributed by atoms with E-state index in [-0.39, 0.29) is 30.7 Å². The second-order valence-electron chi connectivity index (χ2n) is 17.5. The maximum Gasteiger partial charge on any atom is 0.324 e. The van der Waals surface area contributed by atoms with Crippen LogP contribution >= 0.6 is 0 Å². The number of nitrogens with one attached hydrogen (secondary N) is 1. The molecule has 5 atom stereocenters. The lowest BCUT2D eigenvalue weighted by atomic mass is 9.84. The standard InChI is InChI=1S/C43H62N8O5/c1-6-50-38-13-12-29-20-33(38)35(40(50)34-21-31(24-45-39(34)28(2)54-5)48-17-16-47-14-8-7-10-30(47)25-48)23-43(3,4)27-56-42(53)37-11-9-15-51(46-37)41(52)36(44)22-32-26-49(29)18-19-55-32/h12-13,20-21,24,28,30,32,36-37,46H,6-11,14-19,22-23,25-27,44H2,1-5H3/t28-,30+,32-,36-,37-/m0/s1. The van der Waals surface area contributed by atoms with Crippen LogP contribution in [0.4, 0.5) is 11.4 Å². The van der Waals surface area contributed by atoms with Crippen molar-refractivity contribution in [3.05, 3.63) is 41.7 Å². The molecule has 56 heavy (non-hydrogen) atoms. The van der Waals surface area contributed by atoms with Crippen molar-refractivity contribution < 1.29 is 23.8 Å². The van der Waals surface area contributed by atoms with Crippen molar-refractivity contribution >= 4 is 34.2 Å². The summed E-state index contributed by atoms with van der Waals surface area (Å²) in [6.07, 6.45) is 7.79. The fourth-order valence-corrected chi connectivity index (χ4v) is 9.77. The van der Waals surface area contributed by atoms with Crippen LogP contribution in [0.25, 0.3) is 22.2 Å². The first-order valence-electron chi connectivity index (χ1n) is 21.1. The van der Waals surface area contributed by atoms with Gasteiger partial charge in [-0.05, 0) is 88.7 Å². The van der Waals surface area contributed by atoms with Gasteiger partial charge in [0, 0.05) is 86.5 Å².